The number of aryl methyl sites for hydroxylation is 1. The van der Waals surface area contributed by atoms with Gasteiger partial charge in [0.2, 0.25) is 0 Å². The number of hydrogen-bond donors (Lipinski definition) is 0. The molecule has 4 rings (SSSR count). The van der Waals surface area contributed by atoms with Crippen molar-refractivity contribution in [1.29, 1.82) is 0 Å². The van der Waals surface area contributed by atoms with Crippen molar-refractivity contribution in [3.63, 3.8) is 0 Å². The first-order chi connectivity index (χ1) is 10.7. The highest BCUT2D eigenvalue weighted by Crippen LogP contribution is 2.59. The molecule has 2 atom stereocenters. The van der Waals surface area contributed by atoms with Crippen molar-refractivity contribution in [3.05, 3.63) is 83.4 Å². The Morgan fingerprint density at radius 3 is 2.36 bits per heavy atom. The van der Waals surface area contributed by atoms with E-state index in [1.54, 1.807) is 7.11 Å². The summed E-state index contributed by atoms with van der Waals surface area (Å²) >= 11 is 0. The second-order valence-electron chi connectivity index (χ2n) is 6.40. The monoisotopic (exact) mass is 288 g/mol. The molecule has 0 aliphatic heterocycles. The largest absolute Gasteiger partial charge is 0.497 e. The van der Waals surface area contributed by atoms with Crippen LogP contribution in [0.25, 0.3) is 5.57 Å². The molecule has 1 saturated carbocycles. The highest BCUT2D eigenvalue weighted by Gasteiger charge is 2.53. The van der Waals surface area contributed by atoms with E-state index in [4.69, 9.17) is 4.74 Å². The third kappa shape index (κ3) is 2.09. The molecule has 0 N–H and O–H groups in total. The van der Waals surface area contributed by atoms with Gasteiger partial charge in [0.05, 0.1) is 7.11 Å². The van der Waals surface area contributed by atoms with Gasteiger partial charge in [0.1, 0.15) is 5.75 Å². The topological polar surface area (TPSA) is 9.23 Å². The van der Waals surface area contributed by atoms with Gasteiger partial charge >= 0.3 is 0 Å². The van der Waals surface area contributed by atoms with Gasteiger partial charge in [-0.1, -0.05) is 60.2 Å². The molecule has 2 unspecified atom stereocenters. The van der Waals surface area contributed by atoms with Crippen molar-refractivity contribution >= 4 is 5.57 Å². The first-order valence-electron chi connectivity index (χ1n) is 7.84. The van der Waals surface area contributed by atoms with Crippen LogP contribution in [0.3, 0.4) is 0 Å². The molecule has 0 amide bonds. The van der Waals surface area contributed by atoms with Crippen LogP contribution in [0.15, 0.2) is 66.8 Å². The van der Waals surface area contributed by atoms with E-state index in [1.807, 2.05) is 12.1 Å². The Labute approximate surface area is 131 Å². The summed E-state index contributed by atoms with van der Waals surface area (Å²) in [6, 6.07) is 17.3. The quantitative estimate of drug-likeness (QED) is 0.779. The molecule has 1 nitrogen and oxygen atoms in total. The van der Waals surface area contributed by atoms with Gasteiger partial charge in [0.15, 0.2) is 0 Å². The molecule has 0 saturated heterocycles. The number of allylic oxidation sites excluding steroid dienone is 4. The lowest BCUT2D eigenvalue weighted by Crippen LogP contribution is -2.08. The molecular weight excluding hydrogens is 268 g/mol. The molecule has 2 aliphatic carbocycles. The molecule has 0 spiro atoms. The molecule has 110 valence electrons. The maximum atomic E-state index is 5.23. The molecule has 2 aromatic rings. The Hall–Kier alpha value is -2.28. The molecular formula is C21H20O. The van der Waals surface area contributed by atoms with Crippen molar-refractivity contribution in [1.82, 2.24) is 0 Å². The molecule has 0 bridgehead atoms. The van der Waals surface area contributed by atoms with E-state index in [0.29, 0.717) is 5.92 Å². The van der Waals surface area contributed by atoms with E-state index >= 15 is 0 Å². The van der Waals surface area contributed by atoms with Crippen molar-refractivity contribution in [3.8, 4) is 5.75 Å². The summed E-state index contributed by atoms with van der Waals surface area (Å²) in [5, 5.41) is 0. The van der Waals surface area contributed by atoms with Crippen molar-refractivity contribution in [2.24, 2.45) is 5.92 Å². The van der Waals surface area contributed by atoms with Crippen molar-refractivity contribution < 1.29 is 4.74 Å². The summed E-state index contributed by atoms with van der Waals surface area (Å²) in [5.74, 6) is 1.54. The summed E-state index contributed by atoms with van der Waals surface area (Å²) in [7, 11) is 1.70. The summed E-state index contributed by atoms with van der Waals surface area (Å²) in [4.78, 5) is 0. The minimum absolute atomic E-state index is 0.254. The zero-order chi connectivity index (χ0) is 15.2. The maximum absolute atomic E-state index is 5.23. The van der Waals surface area contributed by atoms with Crippen LogP contribution in [0.2, 0.25) is 0 Å². The van der Waals surface area contributed by atoms with Crippen molar-refractivity contribution in [2.45, 2.75) is 18.8 Å². The van der Waals surface area contributed by atoms with E-state index in [0.717, 1.165) is 5.75 Å². The molecule has 0 heterocycles. The minimum Gasteiger partial charge on any atom is -0.497 e. The fourth-order valence-electron chi connectivity index (χ4n) is 3.48. The molecule has 0 radical (unpaired) electrons. The van der Waals surface area contributed by atoms with Crippen LogP contribution in [0.5, 0.6) is 5.75 Å². The summed E-state index contributed by atoms with van der Waals surface area (Å²) in [6.07, 6.45) is 8.35. The second kappa shape index (κ2) is 4.88. The fraction of sp³-hybridized carbons (Fsp3) is 0.238. The highest BCUT2D eigenvalue weighted by molar-refractivity contribution is 5.78. The average Bonchev–Trinajstić information content (AvgIpc) is 3.30. The van der Waals surface area contributed by atoms with E-state index in [9.17, 15) is 0 Å². The fourth-order valence-corrected chi connectivity index (χ4v) is 3.48. The van der Waals surface area contributed by atoms with Gasteiger partial charge in [-0.15, -0.1) is 0 Å². The number of rotatable bonds is 3. The Morgan fingerprint density at radius 2 is 1.73 bits per heavy atom. The number of methoxy groups -OCH3 is 1. The van der Waals surface area contributed by atoms with Gasteiger partial charge in [0, 0.05) is 5.41 Å². The Morgan fingerprint density at radius 1 is 1.00 bits per heavy atom. The zero-order valence-electron chi connectivity index (χ0n) is 13.0. The smallest absolute Gasteiger partial charge is 0.118 e. The van der Waals surface area contributed by atoms with E-state index in [-0.39, 0.29) is 5.41 Å². The lowest BCUT2D eigenvalue weighted by atomic mass is 9.87. The van der Waals surface area contributed by atoms with Crippen LogP contribution in [-0.2, 0) is 5.41 Å². The molecule has 0 aromatic heterocycles. The third-order valence-corrected chi connectivity index (χ3v) is 5.01. The SMILES string of the molecule is COc1ccc(C2=CC3CC3(c3ccc(C)cc3)C=C2)cc1. The number of fused-ring (bicyclic) bond motifs is 1. The summed E-state index contributed by atoms with van der Waals surface area (Å²) in [5.41, 5.74) is 5.62. The lowest BCUT2D eigenvalue weighted by Gasteiger charge is -2.17. The van der Waals surface area contributed by atoms with Crippen LogP contribution in [0, 0.1) is 12.8 Å². The van der Waals surface area contributed by atoms with Crippen molar-refractivity contribution in [2.75, 3.05) is 7.11 Å². The van der Waals surface area contributed by atoms with E-state index in [2.05, 4.69) is 61.5 Å². The molecule has 1 fully saturated rings. The molecule has 2 aromatic carbocycles. The number of benzene rings is 2. The van der Waals surface area contributed by atoms with Gasteiger partial charge in [-0.2, -0.15) is 0 Å². The van der Waals surface area contributed by atoms with Gasteiger partial charge < -0.3 is 4.74 Å². The van der Waals surface area contributed by atoms with Gasteiger partial charge in [-0.25, -0.2) is 0 Å². The van der Waals surface area contributed by atoms with E-state index < -0.39 is 0 Å². The van der Waals surface area contributed by atoms with Crippen LogP contribution >= 0.6 is 0 Å². The van der Waals surface area contributed by atoms with Gasteiger partial charge in [-0.05, 0) is 48.1 Å². The average molecular weight is 288 g/mol. The normalized spacial score (nSPS) is 25.4. The Balaban J connectivity index is 1.60. The van der Waals surface area contributed by atoms with Crippen LogP contribution in [0.4, 0.5) is 0 Å². The van der Waals surface area contributed by atoms with E-state index in [1.165, 1.54) is 28.7 Å². The van der Waals surface area contributed by atoms with Gasteiger partial charge in [-0.3, -0.25) is 0 Å². The predicted molar refractivity (Wildman–Crippen MR) is 91.1 cm³/mol. The number of ether oxygens (including phenoxy) is 1. The maximum Gasteiger partial charge on any atom is 0.118 e. The van der Waals surface area contributed by atoms with Gasteiger partial charge in [0.25, 0.3) is 0 Å². The highest BCUT2D eigenvalue weighted by atomic mass is 16.5. The predicted octanol–water partition coefficient (Wildman–Crippen LogP) is 4.91. The second-order valence-corrected chi connectivity index (χ2v) is 6.40. The molecule has 2 aliphatic rings. The molecule has 1 heteroatoms. The third-order valence-electron chi connectivity index (χ3n) is 5.01. The first kappa shape index (κ1) is 13.4. The molecule has 22 heavy (non-hydrogen) atoms. The summed E-state index contributed by atoms with van der Waals surface area (Å²) in [6.45, 7) is 2.14. The standard InChI is InChI=1S/C21H20O/c1-15-3-7-18(8-4-15)21-12-11-17(13-19(21)14-21)16-5-9-20(22-2)10-6-16/h3-13,19H,14H2,1-2H3. The van der Waals surface area contributed by atoms with Crippen LogP contribution < -0.4 is 4.74 Å². The van der Waals surface area contributed by atoms with Crippen LogP contribution in [-0.4, -0.2) is 7.11 Å². The summed E-state index contributed by atoms with van der Waals surface area (Å²) < 4.78 is 5.23. The zero-order valence-corrected chi connectivity index (χ0v) is 13.0. The Kier molecular flexibility index (Phi) is 2.97. The minimum atomic E-state index is 0.254. The first-order valence-corrected chi connectivity index (χ1v) is 7.84. The lowest BCUT2D eigenvalue weighted by molar-refractivity contribution is 0.415. The number of hydrogen-bond acceptors (Lipinski definition) is 1. The van der Waals surface area contributed by atoms with Crippen LogP contribution in [0.1, 0.15) is 23.1 Å². The Bertz CT molecular complexity index is 749.